The van der Waals surface area contributed by atoms with Gasteiger partial charge in [0.2, 0.25) is 5.75 Å². The molecule has 0 spiro atoms. The number of nitro groups is 2. The Balaban J connectivity index is 2.40. The van der Waals surface area contributed by atoms with Gasteiger partial charge in [-0.15, -0.1) is 0 Å². The maximum Gasteiger partial charge on any atom is 0.311 e. The number of benzene rings is 2. The van der Waals surface area contributed by atoms with Crippen LogP contribution in [0, 0.1) is 31.6 Å². The van der Waals surface area contributed by atoms with Crippen molar-refractivity contribution in [2.75, 3.05) is 0 Å². The Hall–Kier alpha value is -3.47. The van der Waals surface area contributed by atoms with Gasteiger partial charge in [-0.25, -0.2) is 0 Å². The van der Waals surface area contributed by atoms with E-state index in [0.29, 0.717) is 0 Å². The summed E-state index contributed by atoms with van der Waals surface area (Å²) in [7, 11) is 0. The van der Waals surface area contributed by atoms with Crippen LogP contribution in [-0.4, -0.2) is 9.85 Å². The van der Waals surface area contributed by atoms with Gasteiger partial charge in [0.05, 0.1) is 9.85 Å². The average molecular weight is 285 g/mol. The van der Waals surface area contributed by atoms with Crippen LogP contribution in [-0.2, 0) is 0 Å². The summed E-state index contributed by atoms with van der Waals surface area (Å²) in [6, 6.07) is 10.9. The van der Waals surface area contributed by atoms with Gasteiger partial charge < -0.3 is 4.74 Å². The Labute approximate surface area is 118 Å². The van der Waals surface area contributed by atoms with E-state index in [0.717, 1.165) is 12.1 Å². The highest BCUT2D eigenvalue weighted by atomic mass is 16.6. The van der Waals surface area contributed by atoms with Crippen LogP contribution in [0.1, 0.15) is 5.56 Å². The molecule has 21 heavy (non-hydrogen) atoms. The van der Waals surface area contributed by atoms with Crippen LogP contribution < -0.4 is 4.74 Å². The number of nitrogens with zero attached hydrogens (tertiary/aromatic N) is 3. The minimum atomic E-state index is -0.687. The van der Waals surface area contributed by atoms with Crippen molar-refractivity contribution in [2.45, 2.75) is 0 Å². The lowest BCUT2D eigenvalue weighted by atomic mass is 10.2. The summed E-state index contributed by atoms with van der Waals surface area (Å²) >= 11 is 0. The van der Waals surface area contributed by atoms with Crippen LogP contribution in [0.2, 0.25) is 0 Å². The normalized spacial score (nSPS) is 9.67. The number of para-hydroxylation sites is 2. The van der Waals surface area contributed by atoms with Gasteiger partial charge in [0.15, 0.2) is 0 Å². The van der Waals surface area contributed by atoms with E-state index in [2.05, 4.69) is 0 Å². The second-order valence-corrected chi connectivity index (χ2v) is 3.87. The maximum absolute atomic E-state index is 10.9. The van der Waals surface area contributed by atoms with Crippen LogP contribution in [0.25, 0.3) is 0 Å². The van der Waals surface area contributed by atoms with E-state index >= 15 is 0 Å². The zero-order valence-electron chi connectivity index (χ0n) is 10.4. The van der Waals surface area contributed by atoms with E-state index < -0.39 is 9.85 Å². The molecular formula is C13H7N3O5. The first-order chi connectivity index (χ1) is 10.0. The summed E-state index contributed by atoms with van der Waals surface area (Å²) in [5.41, 5.74) is -0.780. The van der Waals surface area contributed by atoms with E-state index in [1.54, 1.807) is 12.1 Å². The van der Waals surface area contributed by atoms with Gasteiger partial charge in [-0.2, -0.15) is 5.26 Å². The monoisotopic (exact) mass is 285 g/mol. The molecule has 0 bridgehead atoms. The molecule has 0 aromatic heterocycles. The van der Waals surface area contributed by atoms with Gasteiger partial charge in [-0.3, -0.25) is 20.2 Å². The van der Waals surface area contributed by atoms with Crippen molar-refractivity contribution >= 4 is 11.4 Å². The quantitative estimate of drug-likeness (QED) is 0.628. The lowest BCUT2D eigenvalue weighted by Gasteiger charge is -2.06. The van der Waals surface area contributed by atoms with Crippen LogP contribution in [0.5, 0.6) is 11.5 Å². The molecule has 0 aliphatic carbocycles. The molecule has 0 atom stereocenters. The number of rotatable bonds is 4. The van der Waals surface area contributed by atoms with Crippen LogP contribution in [0.15, 0.2) is 42.5 Å². The SMILES string of the molecule is N#Cc1cc(Oc2ccccc2[N+](=O)[O-])ccc1[N+](=O)[O-]. The van der Waals surface area contributed by atoms with Gasteiger partial charge in [0.1, 0.15) is 17.4 Å². The first kappa shape index (κ1) is 14.0. The van der Waals surface area contributed by atoms with E-state index in [1.165, 1.54) is 24.3 Å². The van der Waals surface area contributed by atoms with Crippen molar-refractivity contribution in [3.63, 3.8) is 0 Å². The van der Waals surface area contributed by atoms with Crippen LogP contribution in [0.4, 0.5) is 11.4 Å². The number of hydrogen-bond donors (Lipinski definition) is 0. The topological polar surface area (TPSA) is 119 Å². The smallest absolute Gasteiger partial charge is 0.311 e. The zero-order valence-corrected chi connectivity index (χ0v) is 10.4. The Morgan fingerprint density at radius 1 is 1.00 bits per heavy atom. The fraction of sp³-hybridized carbons (Fsp3) is 0. The first-order valence-electron chi connectivity index (χ1n) is 5.62. The third-order valence-corrected chi connectivity index (χ3v) is 2.57. The Bertz CT molecular complexity index is 767. The fourth-order valence-electron chi connectivity index (χ4n) is 1.65. The number of ether oxygens (including phenoxy) is 1. The van der Waals surface area contributed by atoms with Crippen LogP contribution >= 0.6 is 0 Å². The molecule has 2 aromatic rings. The fourth-order valence-corrected chi connectivity index (χ4v) is 1.65. The summed E-state index contributed by atoms with van der Waals surface area (Å²) in [6.45, 7) is 0. The van der Waals surface area contributed by atoms with Crippen LogP contribution in [0.3, 0.4) is 0 Å². The minimum absolute atomic E-state index is 0.0137. The molecule has 0 N–H and O–H groups in total. The molecule has 8 nitrogen and oxygen atoms in total. The molecule has 0 heterocycles. The predicted octanol–water partition coefficient (Wildman–Crippen LogP) is 3.17. The van der Waals surface area contributed by atoms with Crippen molar-refractivity contribution in [3.05, 3.63) is 68.3 Å². The highest BCUT2D eigenvalue weighted by Crippen LogP contribution is 2.32. The maximum atomic E-state index is 10.9. The molecule has 0 aliphatic rings. The predicted molar refractivity (Wildman–Crippen MR) is 71.0 cm³/mol. The third-order valence-electron chi connectivity index (χ3n) is 2.57. The first-order valence-corrected chi connectivity index (χ1v) is 5.62. The summed E-state index contributed by atoms with van der Waals surface area (Å²) in [6.07, 6.45) is 0. The summed E-state index contributed by atoms with van der Waals surface area (Å²) in [5.74, 6) is 0.0895. The van der Waals surface area contributed by atoms with Crippen molar-refractivity contribution < 1.29 is 14.6 Å². The third kappa shape index (κ3) is 2.93. The Morgan fingerprint density at radius 3 is 2.29 bits per heavy atom. The molecule has 0 saturated heterocycles. The molecule has 0 amide bonds. The largest absolute Gasteiger partial charge is 0.450 e. The van der Waals surface area contributed by atoms with Crippen molar-refractivity contribution in [1.82, 2.24) is 0 Å². The molecule has 0 aliphatic heterocycles. The van der Waals surface area contributed by atoms with E-state index in [9.17, 15) is 20.2 Å². The highest BCUT2D eigenvalue weighted by molar-refractivity contribution is 5.54. The number of nitro benzene ring substituents is 2. The molecule has 2 aromatic carbocycles. The van der Waals surface area contributed by atoms with E-state index in [-0.39, 0.29) is 28.4 Å². The molecule has 0 unspecified atom stereocenters. The highest BCUT2D eigenvalue weighted by Gasteiger charge is 2.17. The summed E-state index contributed by atoms with van der Waals surface area (Å²) < 4.78 is 5.33. The number of hydrogen-bond acceptors (Lipinski definition) is 6. The molecule has 0 saturated carbocycles. The molecule has 0 radical (unpaired) electrons. The summed E-state index contributed by atoms with van der Waals surface area (Å²) in [5, 5.41) is 30.5. The second kappa shape index (κ2) is 5.66. The van der Waals surface area contributed by atoms with E-state index in [4.69, 9.17) is 10.00 Å². The Morgan fingerprint density at radius 2 is 1.67 bits per heavy atom. The number of nitriles is 1. The van der Waals surface area contributed by atoms with Crippen molar-refractivity contribution in [1.29, 1.82) is 5.26 Å². The standard InChI is InChI=1S/C13H7N3O5/c14-8-9-7-10(5-6-11(9)15(17)18)21-13-4-2-1-3-12(13)16(19)20/h1-7H. The molecule has 0 fully saturated rings. The minimum Gasteiger partial charge on any atom is -0.450 e. The van der Waals surface area contributed by atoms with Gasteiger partial charge in [0.25, 0.3) is 5.69 Å². The van der Waals surface area contributed by atoms with Gasteiger partial charge in [-0.1, -0.05) is 12.1 Å². The molecule has 8 heteroatoms. The lowest BCUT2D eigenvalue weighted by molar-refractivity contribution is -0.385. The van der Waals surface area contributed by atoms with E-state index in [1.807, 2.05) is 0 Å². The molecular weight excluding hydrogens is 278 g/mol. The van der Waals surface area contributed by atoms with Crippen molar-refractivity contribution in [2.24, 2.45) is 0 Å². The van der Waals surface area contributed by atoms with Gasteiger partial charge in [0, 0.05) is 18.2 Å². The van der Waals surface area contributed by atoms with Crippen molar-refractivity contribution in [3.8, 4) is 17.6 Å². The average Bonchev–Trinajstić information content (AvgIpc) is 2.47. The van der Waals surface area contributed by atoms with Gasteiger partial charge in [-0.05, 0) is 12.1 Å². The zero-order chi connectivity index (χ0) is 15.4. The van der Waals surface area contributed by atoms with Gasteiger partial charge >= 0.3 is 5.69 Å². The molecule has 2 rings (SSSR count). The summed E-state index contributed by atoms with van der Waals surface area (Å²) in [4.78, 5) is 20.3. The lowest BCUT2D eigenvalue weighted by Crippen LogP contribution is -1.95. The Kier molecular flexibility index (Phi) is 3.76. The second-order valence-electron chi connectivity index (χ2n) is 3.87. The molecule has 104 valence electrons.